The van der Waals surface area contributed by atoms with Crippen LogP contribution in [-0.2, 0) is 27.0 Å². The zero-order valence-corrected chi connectivity index (χ0v) is 21.4. The molecule has 0 aliphatic carbocycles. The third-order valence-electron chi connectivity index (χ3n) is 6.14. The fourth-order valence-corrected chi connectivity index (χ4v) is 4.27. The molecule has 11 heteroatoms. The number of carbonyl (C=O) groups is 3. The molecule has 3 amide bonds. The number of alkyl halides is 3. The topological polar surface area (TPSA) is 87.7 Å². The molecule has 4 rings (SSSR count). The molecule has 2 N–H and O–H groups in total. The summed E-state index contributed by atoms with van der Waals surface area (Å²) >= 11 is 5.90. The molecule has 1 fully saturated rings. The fourth-order valence-electron chi connectivity index (χ4n) is 4.11. The van der Waals surface area contributed by atoms with E-state index in [4.69, 9.17) is 16.3 Å². The maximum absolute atomic E-state index is 12.9. The van der Waals surface area contributed by atoms with Gasteiger partial charge in [-0.05, 0) is 54.4 Å². The molecule has 3 aromatic rings. The van der Waals surface area contributed by atoms with E-state index in [1.54, 1.807) is 24.3 Å². The third-order valence-corrected chi connectivity index (χ3v) is 6.47. The molecule has 3 aromatic carbocycles. The number of amides is 3. The molecule has 0 unspecified atom stereocenters. The van der Waals surface area contributed by atoms with Crippen LogP contribution in [0.1, 0.15) is 17.5 Å². The molecule has 204 valence electrons. The van der Waals surface area contributed by atoms with Crippen LogP contribution in [-0.4, -0.2) is 37.4 Å². The number of benzene rings is 3. The molecular weight excluding hydrogens is 535 g/mol. The van der Waals surface area contributed by atoms with Crippen LogP contribution in [0.4, 0.5) is 24.5 Å². The first-order valence-electron chi connectivity index (χ1n) is 12.1. The van der Waals surface area contributed by atoms with E-state index < -0.39 is 30.2 Å². The van der Waals surface area contributed by atoms with Gasteiger partial charge in [-0.15, -0.1) is 0 Å². The van der Waals surface area contributed by atoms with Gasteiger partial charge in [-0.2, -0.15) is 13.2 Å². The highest BCUT2D eigenvalue weighted by Crippen LogP contribution is 2.34. The minimum Gasteiger partial charge on any atom is -0.484 e. The van der Waals surface area contributed by atoms with Gasteiger partial charge in [0.25, 0.3) is 5.91 Å². The normalized spacial score (nSPS) is 15.2. The highest BCUT2D eigenvalue weighted by molar-refractivity contribution is 6.33. The van der Waals surface area contributed by atoms with Gasteiger partial charge in [0.2, 0.25) is 11.8 Å². The van der Waals surface area contributed by atoms with Crippen LogP contribution >= 0.6 is 11.6 Å². The first kappa shape index (κ1) is 28.0. The number of hydrogen-bond donors (Lipinski definition) is 2. The standard InChI is InChI=1S/C28H25ClF3N3O4/c29-23-11-6-20(28(30,31)32)15-24(23)34-25(36)17-39-22-9-7-21(8-10-22)35-16-19(14-26(35)37)27(38)33-13-12-18-4-2-1-3-5-18/h1-11,15,19H,12-14,16-17H2,(H,33,38)(H,34,36)/t19-/m1/s1. The Hall–Kier alpha value is -4.05. The van der Waals surface area contributed by atoms with Crippen molar-refractivity contribution in [1.29, 1.82) is 0 Å². The van der Waals surface area contributed by atoms with Crippen LogP contribution in [0, 0.1) is 5.92 Å². The minimum absolute atomic E-state index is 0.0424. The Morgan fingerprint density at radius 3 is 2.44 bits per heavy atom. The van der Waals surface area contributed by atoms with E-state index in [1.165, 1.54) is 4.90 Å². The average molecular weight is 560 g/mol. The van der Waals surface area contributed by atoms with Gasteiger partial charge in [0.05, 0.1) is 22.2 Å². The molecule has 1 aliphatic heterocycles. The molecule has 1 aliphatic rings. The van der Waals surface area contributed by atoms with Crippen molar-refractivity contribution in [3.63, 3.8) is 0 Å². The molecule has 1 saturated heterocycles. The van der Waals surface area contributed by atoms with Gasteiger partial charge in [-0.3, -0.25) is 14.4 Å². The van der Waals surface area contributed by atoms with Crippen LogP contribution in [0.3, 0.4) is 0 Å². The highest BCUT2D eigenvalue weighted by Gasteiger charge is 2.35. The summed E-state index contributed by atoms with van der Waals surface area (Å²) < 4.78 is 44.2. The number of hydrogen-bond acceptors (Lipinski definition) is 4. The van der Waals surface area contributed by atoms with Gasteiger partial charge in [0, 0.05) is 25.2 Å². The molecular formula is C28H25ClF3N3O4. The Labute approximate surface area is 227 Å². The number of halogens is 4. The van der Waals surface area contributed by atoms with E-state index in [1.807, 2.05) is 30.3 Å². The summed E-state index contributed by atoms with van der Waals surface area (Å²) in [5.74, 6) is -1.20. The SMILES string of the molecule is O=C(COc1ccc(N2C[C@H](C(=O)NCCc3ccccc3)CC2=O)cc1)Nc1cc(C(F)(F)F)ccc1Cl. The van der Waals surface area contributed by atoms with E-state index >= 15 is 0 Å². The van der Waals surface area contributed by atoms with E-state index in [2.05, 4.69) is 10.6 Å². The number of carbonyl (C=O) groups excluding carboxylic acids is 3. The first-order chi connectivity index (χ1) is 18.6. The Bertz CT molecular complexity index is 1330. The van der Waals surface area contributed by atoms with Gasteiger partial charge >= 0.3 is 6.18 Å². The van der Waals surface area contributed by atoms with Gasteiger partial charge in [0.1, 0.15) is 5.75 Å². The summed E-state index contributed by atoms with van der Waals surface area (Å²) in [7, 11) is 0. The van der Waals surface area contributed by atoms with E-state index in [9.17, 15) is 27.6 Å². The summed E-state index contributed by atoms with van der Waals surface area (Å²) in [5, 5.41) is 5.16. The average Bonchev–Trinajstić information content (AvgIpc) is 3.30. The van der Waals surface area contributed by atoms with Gasteiger partial charge < -0.3 is 20.3 Å². The van der Waals surface area contributed by atoms with E-state index in [-0.39, 0.29) is 35.5 Å². The zero-order chi connectivity index (χ0) is 28.0. The summed E-state index contributed by atoms with van der Waals surface area (Å²) in [6.45, 7) is 0.253. The van der Waals surface area contributed by atoms with E-state index in [0.29, 0.717) is 24.4 Å². The lowest BCUT2D eigenvalue weighted by Gasteiger charge is -2.17. The molecule has 1 heterocycles. The maximum atomic E-state index is 12.9. The van der Waals surface area contributed by atoms with Crippen LogP contribution < -0.4 is 20.3 Å². The molecule has 0 bridgehead atoms. The Kier molecular flexibility index (Phi) is 8.75. The summed E-state index contributed by atoms with van der Waals surface area (Å²) in [6, 6.07) is 18.8. The summed E-state index contributed by atoms with van der Waals surface area (Å²) in [4.78, 5) is 38.8. The Morgan fingerprint density at radius 2 is 1.74 bits per heavy atom. The molecule has 1 atom stereocenters. The lowest BCUT2D eigenvalue weighted by Crippen LogP contribution is -2.34. The molecule has 0 saturated carbocycles. The first-order valence-corrected chi connectivity index (χ1v) is 12.5. The van der Waals surface area contributed by atoms with Crippen LogP contribution in [0.25, 0.3) is 0 Å². The molecule has 7 nitrogen and oxygen atoms in total. The number of nitrogens with one attached hydrogen (secondary N) is 2. The molecule has 0 spiro atoms. The number of rotatable bonds is 9. The Morgan fingerprint density at radius 1 is 1.03 bits per heavy atom. The van der Waals surface area contributed by atoms with Gasteiger partial charge in [0.15, 0.2) is 6.61 Å². The van der Waals surface area contributed by atoms with Crippen molar-refractivity contribution >= 4 is 40.7 Å². The number of nitrogens with zero attached hydrogens (tertiary/aromatic N) is 1. The molecule has 0 aromatic heterocycles. The third kappa shape index (κ3) is 7.51. The smallest absolute Gasteiger partial charge is 0.416 e. The van der Waals surface area contributed by atoms with Crippen molar-refractivity contribution < 1.29 is 32.3 Å². The highest BCUT2D eigenvalue weighted by atomic mass is 35.5. The number of ether oxygens (including phenoxy) is 1. The summed E-state index contributed by atoms with van der Waals surface area (Å²) in [5.41, 5.74) is 0.567. The van der Waals surface area contributed by atoms with Crippen molar-refractivity contribution in [2.24, 2.45) is 5.92 Å². The monoisotopic (exact) mass is 559 g/mol. The number of anilines is 2. The predicted molar refractivity (Wildman–Crippen MR) is 141 cm³/mol. The summed E-state index contributed by atoms with van der Waals surface area (Å²) in [6.07, 6.45) is -3.78. The zero-order valence-electron chi connectivity index (χ0n) is 20.6. The van der Waals surface area contributed by atoms with Crippen LogP contribution in [0.2, 0.25) is 5.02 Å². The second kappa shape index (κ2) is 12.2. The van der Waals surface area contributed by atoms with Crippen molar-refractivity contribution in [1.82, 2.24) is 5.32 Å². The van der Waals surface area contributed by atoms with Crippen molar-refractivity contribution in [2.75, 3.05) is 29.9 Å². The van der Waals surface area contributed by atoms with Crippen LogP contribution in [0.5, 0.6) is 5.75 Å². The second-order valence-electron chi connectivity index (χ2n) is 8.96. The van der Waals surface area contributed by atoms with Gasteiger partial charge in [-0.25, -0.2) is 0 Å². The lowest BCUT2D eigenvalue weighted by atomic mass is 10.1. The quantitative estimate of drug-likeness (QED) is 0.382. The lowest BCUT2D eigenvalue weighted by molar-refractivity contribution is -0.137. The molecule has 39 heavy (non-hydrogen) atoms. The van der Waals surface area contributed by atoms with Crippen molar-refractivity contribution in [2.45, 2.75) is 19.0 Å². The Balaban J connectivity index is 1.26. The van der Waals surface area contributed by atoms with Gasteiger partial charge in [-0.1, -0.05) is 41.9 Å². The maximum Gasteiger partial charge on any atom is 0.416 e. The van der Waals surface area contributed by atoms with Crippen molar-refractivity contribution in [3.8, 4) is 5.75 Å². The van der Waals surface area contributed by atoms with Crippen molar-refractivity contribution in [3.05, 3.63) is 88.9 Å². The van der Waals surface area contributed by atoms with E-state index in [0.717, 1.165) is 23.8 Å². The largest absolute Gasteiger partial charge is 0.484 e. The minimum atomic E-state index is -4.58. The predicted octanol–water partition coefficient (Wildman–Crippen LogP) is 5.09. The van der Waals surface area contributed by atoms with Crippen LogP contribution in [0.15, 0.2) is 72.8 Å². The second-order valence-corrected chi connectivity index (χ2v) is 9.36. The molecule has 0 radical (unpaired) electrons. The fraction of sp³-hybridized carbons (Fsp3) is 0.250.